The molecule has 24 heavy (non-hydrogen) atoms. The Kier molecular flexibility index (Phi) is 4.46. The van der Waals surface area contributed by atoms with Crippen LogP contribution in [0.2, 0.25) is 5.02 Å². The molecule has 3 rings (SSSR count). The number of hydrogen-bond acceptors (Lipinski definition) is 4. The van der Waals surface area contributed by atoms with Gasteiger partial charge in [-0.25, -0.2) is 4.90 Å². The lowest BCUT2D eigenvalue weighted by Gasteiger charge is -2.16. The Morgan fingerprint density at radius 3 is 2.54 bits per heavy atom. The molecule has 0 aliphatic carbocycles. The van der Waals surface area contributed by atoms with Gasteiger partial charge in [0.15, 0.2) is 0 Å². The number of carbonyl (C=O) groups excluding carboxylic acids is 2. The molecular weight excluding hydrogens is 383 g/mol. The summed E-state index contributed by atoms with van der Waals surface area (Å²) in [5.74, 6) is -0.658. The molecule has 0 atom stereocenters. The fourth-order valence-electron chi connectivity index (χ4n) is 2.06. The number of benzene rings is 1. The van der Waals surface area contributed by atoms with Crippen LogP contribution in [0.15, 0.2) is 40.6 Å². The second-order valence-electron chi connectivity index (χ2n) is 4.69. The molecule has 2 amide bonds. The van der Waals surface area contributed by atoms with Crippen LogP contribution >= 0.6 is 34.7 Å². The van der Waals surface area contributed by atoms with Crippen LogP contribution < -0.4 is 4.90 Å². The van der Waals surface area contributed by atoms with E-state index in [1.54, 1.807) is 12.1 Å². The Balaban J connectivity index is 1.98. The molecule has 0 N–H and O–H groups in total. The van der Waals surface area contributed by atoms with E-state index in [1.165, 1.54) is 23.5 Å². The van der Waals surface area contributed by atoms with Gasteiger partial charge in [-0.1, -0.05) is 17.7 Å². The zero-order valence-electron chi connectivity index (χ0n) is 11.6. The summed E-state index contributed by atoms with van der Waals surface area (Å²) < 4.78 is 38.9. The van der Waals surface area contributed by atoms with Crippen molar-refractivity contribution in [2.75, 3.05) is 4.90 Å². The fraction of sp³-hybridized carbons (Fsp3) is 0.0667. The zero-order chi connectivity index (χ0) is 17.5. The first kappa shape index (κ1) is 17.1. The highest BCUT2D eigenvalue weighted by Crippen LogP contribution is 2.40. The number of rotatable bonds is 2. The second kappa shape index (κ2) is 6.27. The quantitative estimate of drug-likeness (QED) is 0.622. The third-order valence-electron chi connectivity index (χ3n) is 3.12. The van der Waals surface area contributed by atoms with Crippen molar-refractivity contribution in [3.05, 3.63) is 56.1 Å². The molecule has 1 aliphatic rings. The predicted octanol–water partition coefficient (Wildman–Crippen LogP) is 5.66. The zero-order valence-corrected chi connectivity index (χ0v) is 14.0. The average Bonchev–Trinajstić information content (AvgIpc) is 3.08. The molecule has 2 aromatic rings. The van der Waals surface area contributed by atoms with Crippen LogP contribution in [0.5, 0.6) is 0 Å². The summed E-state index contributed by atoms with van der Waals surface area (Å²) in [7, 11) is 0. The molecule has 1 fully saturated rings. The van der Waals surface area contributed by atoms with E-state index >= 15 is 0 Å². The molecule has 124 valence electrons. The number of anilines is 1. The van der Waals surface area contributed by atoms with Crippen molar-refractivity contribution >= 4 is 57.6 Å². The normalized spacial score (nSPS) is 17.2. The van der Waals surface area contributed by atoms with Crippen LogP contribution in [0.25, 0.3) is 6.08 Å². The van der Waals surface area contributed by atoms with Crippen LogP contribution in [-0.2, 0) is 11.0 Å². The maximum atomic E-state index is 13.0. The fourth-order valence-corrected chi connectivity index (χ4v) is 3.85. The second-order valence-corrected chi connectivity index (χ2v) is 7.07. The molecular formula is C15H7ClF3NO2S2. The Labute approximate surface area is 147 Å². The molecule has 2 heterocycles. The smallest absolute Gasteiger partial charge is 0.268 e. The molecule has 0 bridgehead atoms. The van der Waals surface area contributed by atoms with E-state index in [0.29, 0.717) is 17.8 Å². The van der Waals surface area contributed by atoms with E-state index in [-0.39, 0.29) is 10.6 Å². The van der Waals surface area contributed by atoms with E-state index in [1.807, 2.05) is 5.38 Å². The molecule has 1 aromatic heterocycles. The maximum absolute atomic E-state index is 13.0. The molecule has 0 radical (unpaired) electrons. The lowest BCUT2D eigenvalue weighted by molar-refractivity contribution is -0.137. The maximum Gasteiger partial charge on any atom is 0.417 e. The predicted molar refractivity (Wildman–Crippen MR) is 89.2 cm³/mol. The van der Waals surface area contributed by atoms with Crippen molar-refractivity contribution in [1.82, 2.24) is 0 Å². The summed E-state index contributed by atoms with van der Waals surface area (Å²) in [6, 6.07) is 6.49. The summed E-state index contributed by atoms with van der Waals surface area (Å²) in [6.07, 6.45) is -3.14. The van der Waals surface area contributed by atoms with Crippen LogP contribution in [0, 0.1) is 0 Å². The van der Waals surface area contributed by atoms with Gasteiger partial charge in [-0.3, -0.25) is 9.59 Å². The summed E-state index contributed by atoms with van der Waals surface area (Å²) in [6.45, 7) is 0. The number of thioether (sulfide) groups is 1. The summed E-state index contributed by atoms with van der Waals surface area (Å²) in [5, 5.41) is 0.663. The van der Waals surface area contributed by atoms with Gasteiger partial charge >= 0.3 is 6.18 Å². The Hall–Kier alpha value is -1.77. The average molecular weight is 390 g/mol. The van der Waals surface area contributed by atoms with Crippen molar-refractivity contribution in [2.24, 2.45) is 0 Å². The molecule has 1 aliphatic heterocycles. The molecule has 1 saturated heterocycles. The first-order chi connectivity index (χ1) is 11.3. The Morgan fingerprint density at radius 1 is 1.17 bits per heavy atom. The first-order valence-electron chi connectivity index (χ1n) is 6.45. The Morgan fingerprint density at radius 2 is 1.92 bits per heavy atom. The number of carbonyl (C=O) groups is 2. The van der Waals surface area contributed by atoms with Crippen molar-refractivity contribution in [2.45, 2.75) is 6.18 Å². The van der Waals surface area contributed by atoms with Crippen LogP contribution in [-0.4, -0.2) is 11.1 Å². The van der Waals surface area contributed by atoms with Gasteiger partial charge in [0, 0.05) is 4.88 Å². The van der Waals surface area contributed by atoms with E-state index in [0.717, 1.165) is 15.8 Å². The number of hydrogen-bond donors (Lipinski definition) is 0. The van der Waals surface area contributed by atoms with Crippen molar-refractivity contribution in [3.63, 3.8) is 0 Å². The van der Waals surface area contributed by atoms with Gasteiger partial charge in [0.2, 0.25) is 0 Å². The Bertz CT molecular complexity index is 847. The van der Waals surface area contributed by atoms with Gasteiger partial charge in [-0.15, -0.1) is 11.3 Å². The van der Waals surface area contributed by atoms with Gasteiger partial charge in [0.25, 0.3) is 11.1 Å². The van der Waals surface area contributed by atoms with E-state index in [4.69, 9.17) is 11.6 Å². The van der Waals surface area contributed by atoms with E-state index in [2.05, 4.69) is 0 Å². The number of amides is 2. The topological polar surface area (TPSA) is 37.4 Å². The third-order valence-corrected chi connectivity index (χ3v) is 5.14. The number of alkyl halides is 3. The number of thiophene rings is 1. The van der Waals surface area contributed by atoms with Gasteiger partial charge < -0.3 is 0 Å². The summed E-state index contributed by atoms with van der Waals surface area (Å²) in [4.78, 5) is 26.1. The molecule has 0 saturated carbocycles. The standard InChI is InChI=1S/C15H7ClF3NO2S2/c16-11-4-3-8(6-10(11)15(17,18)19)20-13(21)12(24-14(20)22)7-9-2-1-5-23-9/h1-7H/b12-7+. The highest BCUT2D eigenvalue weighted by molar-refractivity contribution is 8.19. The van der Waals surface area contributed by atoms with E-state index < -0.39 is 27.9 Å². The van der Waals surface area contributed by atoms with E-state index in [9.17, 15) is 22.8 Å². The lowest BCUT2D eigenvalue weighted by atomic mass is 10.1. The third kappa shape index (κ3) is 3.22. The van der Waals surface area contributed by atoms with Gasteiger partial charge in [-0.05, 0) is 47.5 Å². The SMILES string of the molecule is O=C1S/C(=C/c2cccs2)C(=O)N1c1ccc(Cl)c(C(F)(F)F)c1. The number of imide groups is 1. The monoisotopic (exact) mass is 389 g/mol. The summed E-state index contributed by atoms with van der Waals surface area (Å²) in [5.41, 5.74) is -1.26. The molecule has 3 nitrogen and oxygen atoms in total. The highest BCUT2D eigenvalue weighted by atomic mass is 35.5. The van der Waals surface area contributed by atoms with Crippen LogP contribution in [0.1, 0.15) is 10.4 Å². The number of nitrogens with zero attached hydrogens (tertiary/aromatic N) is 1. The molecule has 0 unspecified atom stereocenters. The van der Waals surface area contributed by atoms with Crippen LogP contribution in [0.4, 0.5) is 23.7 Å². The van der Waals surface area contributed by atoms with Gasteiger partial charge in [0.1, 0.15) is 0 Å². The highest BCUT2D eigenvalue weighted by Gasteiger charge is 2.39. The van der Waals surface area contributed by atoms with Gasteiger partial charge in [-0.2, -0.15) is 13.2 Å². The van der Waals surface area contributed by atoms with Crippen molar-refractivity contribution < 1.29 is 22.8 Å². The number of halogens is 4. The van der Waals surface area contributed by atoms with Crippen LogP contribution in [0.3, 0.4) is 0 Å². The first-order valence-corrected chi connectivity index (χ1v) is 8.53. The van der Waals surface area contributed by atoms with Crippen molar-refractivity contribution in [1.29, 1.82) is 0 Å². The largest absolute Gasteiger partial charge is 0.417 e. The minimum atomic E-state index is -4.68. The summed E-state index contributed by atoms with van der Waals surface area (Å²) >= 11 is 7.62. The minimum absolute atomic E-state index is 0.158. The van der Waals surface area contributed by atoms with Crippen molar-refractivity contribution in [3.8, 4) is 0 Å². The molecule has 1 aromatic carbocycles. The molecule has 9 heteroatoms. The minimum Gasteiger partial charge on any atom is -0.268 e. The lowest BCUT2D eigenvalue weighted by Crippen LogP contribution is -2.28. The molecule has 0 spiro atoms. The van der Waals surface area contributed by atoms with Gasteiger partial charge in [0.05, 0.1) is 21.2 Å².